The van der Waals surface area contributed by atoms with Gasteiger partial charge in [0.05, 0.1) is 11.8 Å². The Morgan fingerprint density at radius 3 is 2.67 bits per heavy atom. The first kappa shape index (κ1) is 11.8. The number of benzene rings is 1. The smallest absolute Gasteiger partial charge is 0.426 e. The third-order valence-corrected chi connectivity index (χ3v) is 2.21. The molecule has 5 heteroatoms. The van der Waals surface area contributed by atoms with Gasteiger partial charge in [0.25, 0.3) is 0 Å². The summed E-state index contributed by atoms with van der Waals surface area (Å²) in [7, 11) is 0. The first-order valence-corrected chi connectivity index (χ1v) is 5.36. The minimum atomic E-state index is -0.499. The van der Waals surface area contributed by atoms with Crippen LogP contribution in [0.4, 0.5) is 10.5 Å². The minimum Gasteiger partial charge on any atom is -0.446 e. The lowest BCUT2D eigenvalue weighted by molar-refractivity contribution is 0.117. The molecule has 0 atom stereocenters. The molecule has 0 saturated carbocycles. The van der Waals surface area contributed by atoms with Gasteiger partial charge in [0.2, 0.25) is 0 Å². The van der Waals surface area contributed by atoms with Crippen LogP contribution in [0.5, 0.6) is 0 Å². The van der Waals surface area contributed by atoms with Crippen molar-refractivity contribution in [3.8, 4) is 0 Å². The molecule has 0 saturated heterocycles. The molecule has 0 bridgehead atoms. The van der Waals surface area contributed by atoms with Crippen LogP contribution in [0.1, 0.15) is 13.8 Å². The Labute approximate surface area is 97.1 Å². The molecular weight excluding hydrogens is 260 g/mol. The Morgan fingerprint density at radius 1 is 1.40 bits per heavy atom. The number of amides is 1. The number of carbonyl (C=O) groups is 1. The van der Waals surface area contributed by atoms with E-state index in [1.54, 1.807) is 13.8 Å². The average Bonchev–Trinajstić information content (AvgIpc) is 2.15. The van der Waals surface area contributed by atoms with Crippen molar-refractivity contribution >= 4 is 27.7 Å². The summed E-state index contributed by atoms with van der Waals surface area (Å²) < 4.78 is 5.75. The Morgan fingerprint density at radius 2 is 2.07 bits per heavy atom. The summed E-state index contributed by atoms with van der Waals surface area (Å²) in [5, 5.41) is 0. The number of nitrogens with one attached hydrogen (secondary N) is 2. The van der Waals surface area contributed by atoms with Gasteiger partial charge in [-0.1, -0.05) is 12.1 Å². The standard InChI is InChI=1S/C10H13BrN2O2/c1-7(2)15-10(14)13-12-9-6-4-3-5-8(9)11/h3-7,12H,1-2H3,(H,13,14). The molecule has 0 spiro atoms. The van der Waals surface area contributed by atoms with Crippen LogP contribution in [0.25, 0.3) is 0 Å². The minimum absolute atomic E-state index is 0.133. The molecule has 0 aliphatic heterocycles. The van der Waals surface area contributed by atoms with Gasteiger partial charge in [0.1, 0.15) is 0 Å². The van der Waals surface area contributed by atoms with Crippen molar-refractivity contribution in [3.63, 3.8) is 0 Å². The number of halogens is 1. The van der Waals surface area contributed by atoms with Crippen LogP contribution in [-0.2, 0) is 4.74 Å². The highest BCUT2D eigenvalue weighted by Crippen LogP contribution is 2.19. The SMILES string of the molecule is CC(C)OC(=O)NNc1ccccc1Br. The molecule has 4 nitrogen and oxygen atoms in total. The van der Waals surface area contributed by atoms with E-state index >= 15 is 0 Å². The molecule has 0 fully saturated rings. The van der Waals surface area contributed by atoms with E-state index in [2.05, 4.69) is 26.8 Å². The molecular formula is C10H13BrN2O2. The number of hydrogen-bond donors (Lipinski definition) is 2. The average molecular weight is 273 g/mol. The molecule has 0 aromatic heterocycles. The molecule has 82 valence electrons. The van der Waals surface area contributed by atoms with Crippen LogP contribution < -0.4 is 10.9 Å². The first-order valence-electron chi connectivity index (χ1n) is 4.56. The molecule has 15 heavy (non-hydrogen) atoms. The van der Waals surface area contributed by atoms with E-state index < -0.39 is 6.09 Å². The summed E-state index contributed by atoms with van der Waals surface area (Å²) in [6, 6.07) is 7.46. The Bertz CT molecular complexity index is 342. The van der Waals surface area contributed by atoms with Gasteiger partial charge in [-0.3, -0.25) is 5.43 Å². The molecule has 0 heterocycles. The third-order valence-electron chi connectivity index (χ3n) is 1.52. The number of hydrogen-bond acceptors (Lipinski definition) is 3. The fraction of sp³-hybridized carbons (Fsp3) is 0.300. The van der Waals surface area contributed by atoms with Gasteiger partial charge in [-0.05, 0) is 41.9 Å². The summed E-state index contributed by atoms with van der Waals surface area (Å²) in [6.45, 7) is 3.58. The second-order valence-corrected chi connectivity index (χ2v) is 4.04. The van der Waals surface area contributed by atoms with Gasteiger partial charge in [-0.15, -0.1) is 0 Å². The monoisotopic (exact) mass is 272 g/mol. The molecule has 1 aromatic rings. The summed E-state index contributed by atoms with van der Waals surface area (Å²) in [4.78, 5) is 11.1. The molecule has 0 aliphatic rings. The van der Waals surface area contributed by atoms with Crippen molar-refractivity contribution in [2.75, 3.05) is 5.43 Å². The Balaban J connectivity index is 2.44. The number of rotatable bonds is 3. The highest BCUT2D eigenvalue weighted by molar-refractivity contribution is 9.10. The molecule has 1 amide bonds. The number of hydrazine groups is 1. The number of para-hydroxylation sites is 1. The first-order chi connectivity index (χ1) is 7.09. The molecule has 0 radical (unpaired) electrons. The lowest BCUT2D eigenvalue weighted by Crippen LogP contribution is -2.31. The van der Waals surface area contributed by atoms with Crippen LogP contribution in [-0.4, -0.2) is 12.2 Å². The van der Waals surface area contributed by atoms with Crippen LogP contribution in [0.2, 0.25) is 0 Å². The van der Waals surface area contributed by atoms with Gasteiger partial charge in [-0.25, -0.2) is 10.2 Å². The zero-order valence-corrected chi connectivity index (χ0v) is 10.2. The fourth-order valence-electron chi connectivity index (χ4n) is 0.924. The topological polar surface area (TPSA) is 50.4 Å². The second-order valence-electron chi connectivity index (χ2n) is 3.18. The maximum atomic E-state index is 11.1. The summed E-state index contributed by atoms with van der Waals surface area (Å²) >= 11 is 3.34. The maximum Gasteiger partial charge on any atom is 0.426 e. The number of ether oxygens (including phenoxy) is 1. The van der Waals surface area contributed by atoms with Crippen LogP contribution in [0.15, 0.2) is 28.7 Å². The fourth-order valence-corrected chi connectivity index (χ4v) is 1.31. The molecule has 0 aliphatic carbocycles. The number of carbonyl (C=O) groups excluding carboxylic acids is 1. The highest BCUT2D eigenvalue weighted by atomic mass is 79.9. The molecule has 0 unspecified atom stereocenters. The van der Waals surface area contributed by atoms with Crippen LogP contribution >= 0.6 is 15.9 Å². The van der Waals surface area contributed by atoms with Crippen LogP contribution in [0, 0.1) is 0 Å². The zero-order valence-electron chi connectivity index (χ0n) is 8.58. The predicted octanol–water partition coefficient (Wildman–Crippen LogP) is 2.91. The zero-order chi connectivity index (χ0) is 11.3. The second kappa shape index (κ2) is 5.60. The van der Waals surface area contributed by atoms with Gasteiger partial charge in [-0.2, -0.15) is 0 Å². The number of anilines is 1. The van der Waals surface area contributed by atoms with Gasteiger partial charge in [0.15, 0.2) is 0 Å². The molecule has 2 N–H and O–H groups in total. The maximum absolute atomic E-state index is 11.1. The summed E-state index contributed by atoms with van der Waals surface area (Å²) in [5.41, 5.74) is 5.95. The van der Waals surface area contributed by atoms with Crippen molar-refractivity contribution in [1.29, 1.82) is 0 Å². The molecule has 1 rings (SSSR count). The predicted molar refractivity (Wildman–Crippen MR) is 62.5 cm³/mol. The molecule has 1 aromatic carbocycles. The summed E-state index contributed by atoms with van der Waals surface area (Å²) in [6.07, 6.45) is -0.633. The van der Waals surface area contributed by atoms with Crippen molar-refractivity contribution in [1.82, 2.24) is 5.43 Å². The van der Waals surface area contributed by atoms with E-state index in [0.717, 1.165) is 10.2 Å². The van der Waals surface area contributed by atoms with E-state index in [-0.39, 0.29) is 6.10 Å². The quantitative estimate of drug-likeness (QED) is 0.832. The van der Waals surface area contributed by atoms with Gasteiger partial charge < -0.3 is 4.74 Å². The Hall–Kier alpha value is -1.23. The third kappa shape index (κ3) is 4.20. The van der Waals surface area contributed by atoms with Crippen molar-refractivity contribution < 1.29 is 9.53 Å². The van der Waals surface area contributed by atoms with E-state index in [1.165, 1.54) is 0 Å². The van der Waals surface area contributed by atoms with E-state index in [1.807, 2.05) is 24.3 Å². The van der Waals surface area contributed by atoms with Gasteiger partial charge in [0, 0.05) is 4.47 Å². The lowest BCUT2D eigenvalue weighted by atomic mass is 10.3. The van der Waals surface area contributed by atoms with E-state index in [4.69, 9.17) is 4.74 Å². The largest absolute Gasteiger partial charge is 0.446 e. The lowest BCUT2D eigenvalue weighted by Gasteiger charge is -2.11. The normalized spacial score (nSPS) is 9.87. The van der Waals surface area contributed by atoms with Gasteiger partial charge >= 0.3 is 6.09 Å². The summed E-state index contributed by atoms with van der Waals surface area (Å²) in [5.74, 6) is 0. The van der Waals surface area contributed by atoms with E-state index in [9.17, 15) is 4.79 Å². The van der Waals surface area contributed by atoms with Crippen LogP contribution in [0.3, 0.4) is 0 Å². The van der Waals surface area contributed by atoms with Crippen molar-refractivity contribution in [2.45, 2.75) is 20.0 Å². The highest BCUT2D eigenvalue weighted by Gasteiger charge is 2.04. The van der Waals surface area contributed by atoms with E-state index in [0.29, 0.717) is 0 Å². The Kier molecular flexibility index (Phi) is 4.42. The van der Waals surface area contributed by atoms with Crippen molar-refractivity contribution in [3.05, 3.63) is 28.7 Å². The van der Waals surface area contributed by atoms with Crippen molar-refractivity contribution in [2.24, 2.45) is 0 Å².